The van der Waals surface area contributed by atoms with E-state index in [2.05, 4.69) is 15.9 Å². The molecule has 1 saturated carbocycles. The van der Waals surface area contributed by atoms with Crippen LogP contribution in [0.4, 0.5) is 4.39 Å². The minimum Gasteiger partial charge on any atom is -0.481 e. The summed E-state index contributed by atoms with van der Waals surface area (Å²) >= 11 is 3.15. The van der Waals surface area contributed by atoms with Gasteiger partial charge in [0.15, 0.2) is 0 Å². The maximum atomic E-state index is 13.4. The zero-order chi connectivity index (χ0) is 10.3. The Kier molecular flexibility index (Phi) is 2.31. The van der Waals surface area contributed by atoms with Crippen molar-refractivity contribution in [2.45, 2.75) is 12.3 Å². The molecule has 0 heterocycles. The molecule has 0 unspecified atom stereocenters. The van der Waals surface area contributed by atoms with E-state index in [-0.39, 0.29) is 11.7 Å². The third-order valence-corrected chi connectivity index (χ3v) is 2.96. The second kappa shape index (κ2) is 3.35. The number of hydrogen-bond donors (Lipinski definition) is 1. The number of carboxylic acid groups (broad SMARTS) is 1. The Balaban J connectivity index is 2.23. The average Bonchev–Trinajstić information content (AvgIpc) is 2.83. The summed E-state index contributed by atoms with van der Waals surface area (Å²) in [6.45, 7) is 0. The zero-order valence-corrected chi connectivity index (χ0v) is 8.79. The lowest BCUT2D eigenvalue weighted by atomic mass is 10.1. The molecule has 0 spiro atoms. The van der Waals surface area contributed by atoms with E-state index in [1.807, 2.05) is 0 Å². The maximum absolute atomic E-state index is 13.4. The molecule has 0 bridgehead atoms. The lowest BCUT2D eigenvalue weighted by molar-refractivity contribution is -0.138. The molecule has 1 aromatic carbocycles. The second-order valence-electron chi connectivity index (χ2n) is 3.45. The smallest absolute Gasteiger partial charge is 0.307 e. The normalized spacial score (nSPS) is 24.7. The van der Waals surface area contributed by atoms with E-state index < -0.39 is 11.9 Å². The van der Waals surface area contributed by atoms with E-state index in [1.54, 1.807) is 12.1 Å². The molecule has 0 aliphatic heterocycles. The number of benzene rings is 1. The third-order valence-electron chi connectivity index (χ3n) is 2.47. The summed E-state index contributed by atoms with van der Waals surface area (Å²) in [6, 6.07) is 4.75. The van der Waals surface area contributed by atoms with Gasteiger partial charge in [-0.05, 0) is 24.1 Å². The molecule has 0 aromatic heterocycles. The van der Waals surface area contributed by atoms with Gasteiger partial charge in [-0.1, -0.05) is 22.0 Å². The van der Waals surface area contributed by atoms with Crippen molar-refractivity contribution in [1.29, 1.82) is 0 Å². The Morgan fingerprint density at radius 1 is 1.57 bits per heavy atom. The van der Waals surface area contributed by atoms with Gasteiger partial charge in [0.25, 0.3) is 0 Å². The van der Waals surface area contributed by atoms with Crippen molar-refractivity contribution in [2.24, 2.45) is 5.92 Å². The molecule has 1 aromatic rings. The molecule has 2 atom stereocenters. The van der Waals surface area contributed by atoms with Gasteiger partial charge in [0.2, 0.25) is 0 Å². The van der Waals surface area contributed by atoms with Crippen LogP contribution in [0.1, 0.15) is 17.9 Å². The van der Waals surface area contributed by atoms with E-state index in [4.69, 9.17) is 5.11 Å². The lowest BCUT2D eigenvalue weighted by Crippen LogP contribution is -1.99. The molecule has 4 heteroatoms. The summed E-state index contributed by atoms with van der Waals surface area (Å²) in [5.74, 6) is -1.70. The highest BCUT2D eigenvalue weighted by atomic mass is 79.9. The lowest BCUT2D eigenvalue weighted by Gasteiger charge is -2.01. The Bertz CT molecular complexity index is 392. The van der Waals surface area contributed by atoms with Crippen LogP contribution in [-0.4, -0.2) is 11.1 Å². The fourth-order valence-corrected chi connectivity index (χ4v) is 1.95. The third kappa shape index (κ3) is 1.66. The Labute approximate surface area is 88.9 Å². The van der Waals surface area contributed by atoms with Gasteiger partial charge < -0.3 is 5.11 Å². The fraction of sp³-hybridized carbons (Fsp3) is 0.300. The highest BCUT2D eigenvalue weighted by Gasteiger charge is 2.45. The first-order chi connectivity index (χ1) is 6.59. The van der Waals surface area contributed by atoms with Crippen LogP contribution in [0.3, 0.4) is 0 Å². The van der Waals surface area contributed by atoms with Crippen LogP contribution in [0.5, 0.6) is 0 Å². The Morgan fingerprint density at radius 3 is 2.79 bits per heavy atom. The van der Waals surface area contributed by atoms with Crippen molar-refractivity contribution in [1.82, 2.24) is 0 Å². The van der Waals surface area contributed by atoms with E-state index in [1.165, 1.54) is 6.07 Å². The van der Waals surface area contributed by atoms with Gasteiger partial charge in [-0.15, -0.1) is 0 Å². The van der Waals surface area contributed by atoms with Crippen LogP contribution >= 0.6 is 15.9 Å². The number of carbonyl (C=O) groups is 1. The highest BCUT2D eigenvalue weighted by molar-refractivity contribution is 9.10. The molecule has 0 radical (unpaired) electrons. The van der Waals surface area contributed by atoms with Gasteiger partial charge in [-0.3, -0.25) is 4.79 Å². The van der Waals surface area contributed by atoms with Crippen LogP contribution in [0.25, 0.3) is 0 Å². The van der Waals surface area contributed by atoms with Crippen molar-refractivity contribution in [2.75, 3.05) is 0 Å². The quantitative estimate of drug-likeness (QED) is 0.886. The van der Waals surface area contributed by atoms with E-state index in [0.29, 0.717) is 16.5 Å². The summed E-state index contributed by atoms with van der Waals surface area (Å²) in [5.41, 5.74) is 0.514. The van der Waals surface area contributed by atoms with Gasteiger partial charge in [0, 0.05) is 10.4 Å². The first-order valence-electron chi connectivity index (χ1n) is 4.27. The predicted octanol–water partition coefficient (Wildman–Crippen LogP) is 2.78. The molecule has 1 aliphatic rings. The first kappa shape index (κ1) is 9.65. The molecule has 2 rings (SSSR count). The number of halogens is 2. The summed E-state index contributed by atoms with van der Waals surface area (Å²) < 4.78 is 14.0. The van der Waals surface area contributed by atoms with Crippen molar-refractivity contribution in [3.63, 3.8) is 0 Å². The SMILES string of the molecule is O=C(O)[C@H]1C[C@H]1c1ccc(Br)cc1F. The zero-order valence-electron chi connectivity index (χ0n) is 7.21. The molecular formula is C10H8BrFO2. The largest absolute Gasteiger partial charge is 0.481 e. The van der Waals surface area contributed by atoms with Gasteiger partial charge in [-0.25, -0.2) is 4.39 Å². The number of hydrogen-bond acceptors (Lipinski definition) is 1. The monoisotopic (exact) mass is 258 g/mol. The topological polar surface area (TPSA) is 37.3 Å². The summed E-state index contributed by atoms with van der Waals surface area (Å²) in [6.07, 6.45) is 0.549. The second-order valence-corrected chi connectivity index (χ2v) is 4.37. The van der Waals surface area contributed by atoms with Gasteiger partial charge >= 0.3 is 5.97 Å². The van der Waals surface area contributed by atoms with Gasteiger partial charge in [0.05, 0.1) is 5.92 Å². The molecule has 2 nitrogen and oxygen atoms in total. The molecule has 14 heavy (non-hydrogen) atoms. The van der Waals surface area contributed by atoms with Gasteiger partial charge in [-0.2, -0.15) is 0 Å². The van der Waals surface area contributed by atoms with Crippen molar-refractivity contribution >= 4 is 21.9 Å². The average molecular weight is 259 g/mol. The Morgan fingerprint density at radius 2 is 2.29 bits per heavy atom. The predicted molar refractivity (Wildman–Crippen MR) is 52.6 cm³/mol. The minimum atomic E-state index is -0.836. The molecule has 1 aliphatic carbocycles. The molecule has 74 valence electrons. The molecule has 0 amide bonds. The van der Waals surface area contributed by atoms with Crippen molar-refractivity contribution in [3.8, 4) is 0 Å². The van der Waals surface area contributed by atoms with Crippen LogP contribution in [0.2, 0.25) is 0 Å². The van der Waals surface area contributed by atoms with E-state index >= 15 is 0 Å². The molecule has 1 N–H and O–H groups in total. The molecule has 0 saturated heterocycles. The Hall–Kier alpha value is -0.900. The van der Waals surface area contributed by atoms with Crippen LogP contribution in [0.15, 0.2) is 22.7 Å². The molecular weight excluding hydrogens is 251 g/mol. The van der Waals surface area contributed by atoms with Crippen LogP contribution < -0.4 is 0 Å². The van der Waals surface area contributed by atoms with Gasteiger partial charge in [0.1, 0.15) is 5.82 Å². The number of rotatable bonds is 2. The first-order valence-corrected chi connectivity index (χ1v) is 5.06. The standard InChI is InChI=1S/C10H8BrFO2/c11-5-1-2-6(9(12)3-5)7-4-8(7)10(13)14/h1-3,7-8H,4H2,(H,13,14)/t7-,8-/m0/s1. The minimum absolute atomic E-state index is 0.138. The van der Waals surface area contributed by atoms with E-state index in [0.717, 1.165) is 0 Å². The summed E-state index contributed by atoms with van der Waals surface area (Å²) in [5, 5.41) is 8.70. The number of carboxylic acids is 1. The summed E-state index contributed by atoms with van der Waals surface area (Å²) in [4.78, 5) is 10.6. The highest BCUT2D eigenvalue weighted by Crippen LogP contribution is 2.48. The fourth-order valence-electron chi connectivity index (χ4n) is 1.61. The maximum Gasteiger partial charge on any atom is 0.307 e. The van der Waals surface area contributed by atoms with Crippen LogP contribution in [-0.2, 0) is 4.79 Å². The summed E-state index contributed by atoms with van der Waals surface area (Å²) in [7, 11) is 0. The van der Waals surface area contributed by atoms with Crippen molar-refractivity contribution < 1.29 is 14.3 Å². The molecule has 1 fully saturated rings. The van der Waals surface area contributed by atoms with E-state index in [9.17, 15) is 9.18 Å². The van der Waals surface area contributed by atoms with Crippen molar-refractivity contribution in [3.05, 3.63) is 34.1 Å². The number of aliphatic carboxylic acids is 1. The van der Waals surface area contributed by atoms with Crippen LogP contribution in [0, 0.1) is 11.7 Å².